The molecule has 0 amide bonds. The zero-order chi connectivity index (χ0) is 49.5. The number of halogens is 2. The highest BCUT2D eigenvalue weighted by atomic mass is 19.1. The molecule has 2 aliphatic carbocycles. The molecule has 368 valence electrons. The molecular weight excluding hydrogens is 899 g/mol. The third-order valence-electron chi connectivity index (χ3n) is 15.0. The summed E-state index contributed by atoms with van der Waals surface area (Å²) in [5.41, 5.74) is 4.44. The number of hydrogen-bond acceptors (Lipinski definition) is 8. The van der Waals surface area contributed by atoms with E-state index in [0.717, 1.165) is 24.3 Å². The standard InChI is InChI=1S/C61H62F2O8/c1-4-5-6-7-40-8-10-41(11-9-40)42-12-14-45(15-13-42)58(64)69-51-29-16-43(17-30-51)44-18-31-52(32-19-44)70-59(65)46-20-33-53-55(38-46)39(2)56(60(66)68-37-36-67-3)54-34-35-61(71-57(53)54,47-21-25-49(62)26-22-47)48-23-27-50(63)28-24-48/h12-17,20-30,33-35,38,40-41,44,52H,4-11,18-19,31-32,36-37H2,1-3H3/t40-,41-,44?,52?. The molecule has 0 radical (unpaired) electrons. The average molecular weight is 961 g/mol. The van der Waals surface area contributed by atoms with Crippen molar-refractivity contribution in [2.24, 2.45) is 5.92 Å². The molecule has 3 aliphatic rings. The fourth-order valence-electron chi connectivity index (χ4n) is 10.9. The maximum atomic E-state index is 14.3. The smallest absolute Gasteiger partial charge is 0.343 e. The third-order valence-corrected chi connectivity index (χ3v) is 15.0. The quantitative estimate of drug-likeness (QED) is 0.0537. The molecule has 9 rings (SSSR count). The fourth-order valence-corrected chi connectivity index (χ4v) is 10.9. The summed E-state index contributed by atoms with van der Waals surface area (Å²) in [6, 6.07) is 32.7. The van der Waals surface area contributed by atoms with E-state index in [-0.39, 0.29) is 36.8 Å². The second kappa shape index (κ2) is 22.2. The number of aryl methyl sites for hydroxylation is 1. The van der Waals surface area contributed by atoms with E-state index in [1.165, 1.54) is 88.3 Å². The zero-order valence-corrected chi connectivity index (χ0v) is 40.9. The summed E-state index contributed by atoms with van der Waals surface area (Å²) in [7, 11) is 1.52. The van der Waals surface area contributed by atoms with Gasteiger partial charge >= 0.3 is 17.9 Å². The minimum atomic E-state index is -1.33. The van der Waals surface area contributed by atoms with Crippen molar-refractivity contribution >= 4 is 34.8 Å². The third kappa shape index (κ3) is 11.0. The zero-order valence-electron chi connectivity index (χ0n) is 40.9. The summed E-state index contributed by atoms with van der Waals surface area (Å²) in [4.78, 5) is 40.9. The van der Waals surface area contributed by atoms with E-state index in [1.54, 1.807) is 61.5 Å². The molecule has 1 heterocycles. The first-order chi connectivity index (χ1) is 34.5. The Labute approximate surface area is 415 Å². The van der Waals surface area contributed by atoms with Crippen LogP contribution in [0.5, 0.6) is 11.5 Å². The van der Waals surface area contributed by atoms with Gasteiger partial charge in [-0.25, -0.2) is 23.2 Å². The molecule has 6 aromatic carbocycles. The van der Waals surface area contributed by atoms with Crippen molar-refractivity contribution in [2.45, 2.75) is 114 Å². The molecule has 0 saturated heterocycles. The summed E-state index contributed by atoms with van der Waals surface area (Å²) in [6.45, 7) is 4.28. The molecule has 0 unspecified atom stereocenters. The van der Waals surface area contributed by atoms with Gasteiger partial charge in [-0.1, -0.05) is 81.1 Å². The van der Waals surface area contributed by atoms with Crippen LogP contribution in [0.2, 0.25) is 0 Å². The van der Waals surface area contributed by atoms with Crippen LogP contribution in [0.1, 0.15) is 160 Å². The van der Waals surface area contributed by atoms with Crippen LogP contribution in [-0.2, 0) is 19.8 Å². The van der Waals surface area contributed by atoms with Gasteiger partial charge in [-0.3, -0.25) is 0 Å². The number of fused-ring (bicyclic) bond motifs is 3. The number of carbonyl (C=O) groups is 3. The SMILES string of the molecule is CCCCC[C@H]1CC[C@H](c2ccc(C(=O)Oc3ccc(C4CCC(OC(=O)c5ccc6c7c(c(C(=O)OCCOC)c(C)c6c5)C=CC(c5ccc(F)cc5)(c5ccc(F)cc5)O7)CC4)cc3)cc2)CC1. The highest BCUT2D eigenvalue weighted by Gasteiger charge is 2.40. The summed E-state index contributed by atoms with van der Waals surface area (Å²) in [5, 5.41) is 1.20. The van der Waals surface area contributed by atoms with Crippen molar-refractivity contribution in [3.8, 4) is 11.5 Å². The summed E-state index contributed by atoms with van der Waals surface area (Å²) in [6.07, 6.45) is 16.6. The van der Waals surface area contributed by atoms with E-state index in [2.05, 4.69) is 19.1 Å². The molecule has 1 aliphatic heterocycles. The minimum Gasteiger partial charge on any atom is -0.472 e. The van der Waals surface area contributed by atoms with Gasteiger partial charge in [0.2, 0.25) is 0 Å². The first kappa shape index (κ1) is 49.3. The molecule has 6 aromatic rings. The van der Waals surface area contributed by atoms with E-state index in [0.29, 0.717) is 74.4 Å². The molecule has 2 fully saturated rings. The van der Waals surface area contributed by atoms with Crippen LogP contribution in [0.25, 0.3) is 16.8 Å². The van der Waals surface area contributed by atoms with E-state index in [4.69, 9.17) is 23.7 Å². The van der Waals surface area contributed by atoms with Gasteiger partial charge in [-0.15, -0.1) is 0 Å². The van der Waals surface area contributed by atoms with Crippen LogP contribution in [0, 0.1) is 24.5 Å². The van der Waals surface area contributed by atoms with E-state index in [1.807, 2.05) is 36.4 Å². The average Bonchev–Trinajstić information content (AvgIpc) is 3.40. The Morgan fingerprint density at radius 3 is 1.85 bits per heavy atom. The largest absolute Gasteiger partial charge is 0.472 e. The number of hydrogen-bond donors (Lipinski definition) is 0. The first-order valence-electron chi connectivity index (χ1n) is 25.3. The second-order valence-corrected chi connectivity index (χ2v) is 19.5. The van der Waals surface area contributed by atoms with Gasteiger partial charge < -0.3 is 23.7 Å². The minimum absolute atomic E-state index is 0.0198. The summed E-state index contributed by atoms with van der Waals surface area (Å²) >= 11 is 0. The number of carbonyl (C=O) groups excluding carboxylic acids is 3. The van der Waals surface area contributed by atoms with Gasteiger partial charge in [-0.05, 0) is 177 Å². The molecule has 0 aromatic heterocycles. The van der Waals surface area contributed by atoms with Crippen LogP contribution < -0.4 is 9.47 Å². The van der Waals surface area contributed by atoms with Crippen LogP contribution >= 0.6 is 0 Å². The van der Waals surface area contributed by atoms with Crippen molar-refractivity contribution in [3.63, 3.8) is 0 Å². The number of methoxy groups -OCH3 is 1. The maximum Gasteiger partial charge on any atom is 0.343 e. The molecular formula is C61H62F2O8. The van der Waals surface area contributed by atoms with Gasteiger partial charge in [0, 0.05) is 29.2 Å². The predicted octanol–water partition coefficient (Wildman–Crippen LogP) is 14.5. The van der Waals surface area contributed by atoms with Gasteiger partial charge in [-0.2, -0.15) is 0 Å². The van der Waals surface area contributed by atoms with E-state index >= 15 is 0 Å². The molecule has 71 heavy (non-hydrogen) atoms. The lowest BCUT2D eigenvalue weighted by molar-refractivity contribution is 0.0195. The topological polar surface area (TPSA) is 97.4 Å². The predicted molar refractivity (Wildman–Crippen MR) is 271 cm³/mol. The fraction of sp³-hybridized carbons (Fsp3) is 0.361. The number of unbranched alkanes of at least 4 members (excludes halogenated alkanes) is 2. The number of esters is 3. The number of rotatable bonds is 16. The number of ether oxygens (including phenoxy) is 5. The monoisotopic (exact) mass is 960 g/mol. The number of benzene rings is 6. The van der Waals surface area contributed by atoms with Crippen molar-refractivity contribution < 1.29 is 46.8 Å². The Morgan fingerprint density at radius 1 is 0.648 bits per heavy atom. The lowest BCUT2D eigenvalue weighted by atomic mass is 9.77. The van der Waals surface area contributed by atoms with Crippen molar-refractivity contribution in [1.29, 1.82) is 0 Å². The molecule has 0 atom stereocenters. The van der Waals surface area contributed by atoms with Crippen molar-refractivity contribution in [3.05, 3.63) is 183 Å². The Hall–Kier alpha value is -6.65. The molecule has 8 nitrogen and oxygen atoms in total. The van der Waals surface area contributed by atoms with Crippen LogP contribution in [0.4, 0.5) is 8.78 Å². The Morgan fingerprint density at radius 2 is 1.24 bits per heavy atom. The van der Waals surface area contributed by atoms with Crippen LogP contribution in [-0.4, -0.2) is 44.3 Å². The second-order valence-electron chi connectivity index (χ2n) is 19.5. The first-order valence-corrected chi connectivity index (χ1v) is 25.3. The van der Waals surface area contributed by atoms with Gasteiger partial charge in [0.15, 0.2) is 5.60 Å². The Bertz CT molecular complexity index is 2810. The Kier molecular flexibility index (Phi) is 15.4. The molecule has 0 spiro atoms. The lowest BCUT2D eigenvalue weighted by Crippen LogP contribution is -2.35. The van der Waals surface area contributed by atoms with Gasteiger partial charge in [0.1, 0.15) is 35.8 Å². The van der Waals surface area contributed by atoms with Crippen molar-refractivity contribution in [2.75, 3.05) is 20.3 Å². The molecule has 10 heteroatoms. The molecule has 2 saturated carbocycles. The van der Waals surface area contributed by atoms with Crippen LogP contribution in [0.3, 0.4) is 0 Å². The highest BCUT2D eigenvalue weighted by molar-refractivity contribution is 6.08. The van der Waals surface area contributed by atoms with E-state index in [9.17, 15) is 23.2 Å². The Balaban J connectivity index is 0.855. The molecule has 0 N–H and O–H groups in total. The normalized spacial score (nSPS) is 19.3. The van der Waals surface area contributed by atoms with Gasteiger partial charge in [0.05, 0.1) is 23.3 Å². The van der Waals surface area contributed by atoms with Crippen molar-refractivity contribution in [1.82, 2.24) is 0 Å². The molecule has 0 bridgehead atoms. The summed E-state index contributed by atoms with van der Waals surface area (Å²) in [5.74, 6) is 0.211. The lowest BCUT2D eigenvalue weighted by Gasteiger charge is -2.37. The van der Waals surface area contributed by atoms with Gasteiger partial charge in [0.25, 0.3) is 0 Å². The maximum absolute atomic E-state index is 14.3. The summed E-state index contributed by atoms with van der Waals surface area (Å²) < 4.78 is 58.2. The van der Waals surface area contributed by atoms with Crippen LogP contribution in [0.15, 0.2) is 121 Å². The highest BCUT2D eigenvalue weighted by Crippen LogP contribution is 2.48. The van der Waals surface area contributed by atoms with E-state index < -0.39 is 29.2 Å².